The summed E-state index contributed by atoms with van der Waals surface area (Å²) in [6.07, 6.45) is 0.827. The molecule has 1 aromatic carbocycles. The van der Waals surface area contributed by atoms with Crippen LogP contribution in [0.2, 0.25) is 0 Å². The molecule has 0 aliphatic heterocycles. The summed E-state index contributed by atoms with van der Waals surface area (Å²) in [6, 6.07) is 6.24. The fraction of sp³-hybridized carbons (Fsp3) is 0.455. The zero-order valence-electron chi connectivity index (χ0n) is 8.33. The number of aliphatic hydroxyl groups is 1. The summed E-state index contributed by atoms with van der Waals surface area (Å²) in [5.74, 6) is 0.161. The molecule has 0 saturated carbocycles. The van der Waals surface area contributed by atoms with Gasteiger partial charge in [0.25, 0.3) is 0 Å². The van der Waals surface area contributed by atoms with Crippen molar-refractivity contribution in [3.05, 3.63) is 33.8 Å². The molecule has 0 aromatic heterocycles. The Morgan fingerprint density at radius 2 is 2.21 bits per heavy atom. The van der Waals surface area contributed by atoms with Crippen LogP contribution in [0.15, 0.2) is 22.7 Å². The summed E-state index contributed by atoms with van der Waals surface area (Å²) in [5, 5.41) is 9.04. The third-order valence-electron chi connectivity index (χ3n) is 2.31. The standard InChI is InChI=1S/C11H16BrNO/c1-8-2-3-10(11(12)4-8)5-9(6-13)7-14/h2-4,9,14H,5-7,13H2,1H3. The number of rotatable bonds is 4. The summed E-state index contributed by atoms with van der Waals surface area (Å²) < 4.78 is 1.10. The van der Waals surface area contributed by atoms with Crippen molar-refractivity contribution in [2.24, 2.45) is 11.7 Å². The molecule has 1 unspecified atom stereocenters. The molecular formula is C11H16BrNO. The van der Waals surface area contributed by atoms with E-state index in [1.807, 2.05) is 0 Å². The molecule has 0 bridgehead atoms. The van der Waals surface area contributed by atoms with Crippen LogP contribution in [0.1, 0.15) is 11.1 Å². The van der Waals surface area contributed by atoms with E-state index < -0.39 is 0 Å². The van der Waals surface area contributed by atoms with Gasteiger partial charge in [-0.3, -0.25) is 0 Å². The largest absolute Gasteiger partial charge is 0.396 e. The molecule has 0 aliphatic rings. The summed E-state index contributed by atoms with van der Waals surface area (Å²) in [7, 11) is 0. The Hall–Kier alpha value is -0.380. The Balaban J connectivity index is 2.76. The molecule has 1 atom stereocenters. The third kappa shape index (κ3) is 3.08. The highest BCUT2D eigenvalue weighted by atomic mass is 79.9. The SMILES string of the molecule is Cc1ccc(CC(CN)CO)c(Br)c1. The van der Waals surface area contributed by atoms with Gasteiger partial charge in [0, 0.05) is 11.1 Å². The van der Waals surface area contributed by atoms with Crippen molar-refractivity contribution in [3.63, 3.8) is 0 Å². The van der Waals surface area contributed by atoms with E-state index in [0.717, 1.165) is 10.9 Å². The zero-order valence-corrected chi connectivity index (χ0v) is 9.92. The van der Waals surface area contributed by atoms with E-state index in [2.05, 4.69) is 41.1 Å². The highest BCUT2D eigenvalue weighted by Crippen LogP contribution is 2.21. The lowest BCUT2D eigenvalue weighted by Crippen LogP contribution is -2.20. The molecule has 0 amide bonds. The monoisotopic (exact) mass is 257 g/mol. The summed E-state index contributed by atoms with van der Waals surface area (Å²) >= 11 is 3.51. The molecule has 2 nitrogen and oxygen atoms in total. The van der Waals surface area contributed by atoms with E-state index in [4.69, 9.17) is 10.8 Å². The van der Waals surface area contributed by atoms with Gasteiger partial charge in [0.15, 0.2) is 0 Å². The van der Waals surface area contributed by atoms with Crippen molar-refractivity contribution in [1.29, 1.82) is 0 Å². The van der Waals surface area contributed by atoms with Gasteiger partial charge >= 0.3 is 0 Å². The molecule has 0 spiro atoms. The van der Waals surface area contributed by atoms with Crippen LogP contribution in [0.4, 0.5) is 0 Å². The minimum atomic E-state index is 0.150. The van der Waals surface area contributed by atoms with Crippen LogP contribution >= 0.6 is 15.9 Å². The van der Waals surface area contributed by atoms with Crippen LogP contribution in [0.25, 0.3) is 0 Å². The second-order valence-electron chi connectivity index (χ2n) is 3.58. The maximum atomic E-state index is 9.04. The Kier molecular flexibility index (Phi) is 4.58. The minimum absolute atomic E-state index is 0.150. The highest BCUT2D eigenvalue weighted by molar-refractivity contribution is 9.10. The van der Waals surface area contributed by atoms with Crippen molar-refractivity contribution in [3.8, 4) is 0 Å². The van der Waals surface area contributed by atoms with Crippen molar-refractivity contribution in [1.82, 2.24) is 0 Å². The molecule has 1 aromatic rings. The summed E-state index contributed by atoms with van der Waals surface area (Å²) in [5.41, 5.74) is 7.97. The van der Waals surface area contributed by atoms with Crippen LogP contribution in [-0.2, 0) is 6.42 Å². The Morgan fingerprint density at radius 3 is 2.71 bits per heavy atom. The first-order chi connectivity index (χ1) is 6.67. The molecule has 78 valence electrons. The molecule has 0 saturated heterocycles. The quantitative estimate of drug-likeness (QED) is 0.866. The fourth-order valence-electron chi connectivity index (χ4n) is 1.35. The van der Waals surface area contributed by atoms with Gasteiger partial charge in [-0.2, -0.15) is 0 Å². The van der Waals surface area contributed by atoms with E-state index in [1.165, 1.54) is 11.1 Å². The number of benzene rings is 1. The number of aliphatic hydroxyl groups excluding tert-OH is 1. The highest BCUT2D eigenvalue weighted by Gasteiger charge is 2.08. The average molecular weight is 258 g/mol. The maximum Gasteiger partial charge on any atom is 0.0474 e. The van der Waals surface area contributed by atoms with Gasteiger partial charge in [-0.05, 0) is 43.0 Å². The summed E-state index contributed by atoms with van der Waals surface area (Å²) in [6.45, 7) is 2.73. The first kappa shape index (κ1) is 11.7. The van der Waals surface area contributed by atoms with Gasteiger partial charge in [0.2, 0.25) is 0 Å². The van der Waals surface area contributed by atoms with Crippen LogP contribution in [0, 0.1) is 12.8 Å². The van der Waals surface area contributed by atoms with Crippen molar-refractivity contribution in [2.45, 2.75) is 13.3 Å². The smallest absolute Gasteiger partial charge is 0.0474 e. The molecule has 0 heterocycles. The fourth-order valence-corrected chi connectivity index (χ4v) is 2.01. The first-order valence-corrected chi connectivity index (χ1v) is 5.52. The van der Waals surface area contributed by atoms with E-state index in [9.17, 15) is 0 Å². The average Bonchev–Trinajstić information content (AvgIpc) is 2.17. The van der Waals surface area contributed by atoms with Crippen LogP contribution in [-0.4, -0.2) is 18.3 Å². The predicted octanol–water partition coefficient (Wildman–Crippen LogP) is 1.87. The number of halogens is 1. The molecule has 3 N–H and O–H groups in total. The van der Waals surface area contributed by atoms with E-state index in [1.54, 1.807) is 0 Å². The lowest BCUT2D eigenvalue weighted by molar-refractivity contribution is 0.229. The molecule has 0 aliphatic carbocycles. The Labute approximate surface area is 93.3 Å². The normalized spacial score (nSPS) is 12.9. The van der Waals surface area contributed by atoms with Crippen LogP contribution in [0.5, 0.6) is 0 Å². The minimum Gasteiger partial charge on any atom is -0.396 e. The molecule has 14 heavy (non-hydrogen) atoms. The van der Waals surface area contributed by atoms with Crippen LogP contribution in [0.3, 0.4) is 0 Å². The van der Waals surface area contributed by atoms with Crippen molar-refractivity contribution >= 4 is 15.9 Å². The van der Waals surface area contributed by atoms with Gasteiger partial charge in [0.1, 0.15) is 0 Å². The molecule has 3 heteroatoms. The lowest BCUT2D eigenvalue weighted by atomic mass is 9.99. The Morgan fingerprint density at radius 1 is 1.50 bits per heavy atom. The van der Waals surface area contributed by atoms with Gasteiger partial charge in [-0.25, -0.2) is 0 Å². The molecular weight excluding hydrogens is 242 g/mol. The van der Waals surface area contributed by atoms with Gasteiger partial charge in [-0.15, -0.1) is 0 Å². The summed E-state index contributed by atoms with van der Waals surface area (Å²) in [4.78, 5) is 0. The van der Waals surface area contributed by atoms with E-state index in [0.29, 0.717) is 6.54 Å². The van der Waals surface area contributed by atoms with Crippen molar-refractivity contribution in [2.75, 3.05) is 13.2 Å². The number of aryl methyl sites for hydroxylation is 1. The zero-order chi connectivity index (χ0) is 10.6. The molecule has 1 rings (SSSR count). The lowest BCUT2D eigenvalue weighted by Gasteiger charge is -2.12. The third-order valence-corrected chi connectivity index (χ3v) is 3.05. The van der Waals surface area contributed by atoms with Gasteiger partial charge < -0.3 is 10.8 Å². The molecule has 0 fully saturated rings. The second kappa shape index (κ2) is 5.49. The maximum absolute atomic E-state index is 9.04. The predicted molar refractivity (Wildman–Crippen MR) is 62.2 cm³/mol. The topological polar surface area (TPSA) is 46.2 Å². The van der Waals surface area contributed by atoms with Gasteiger partial charge in [-0.1, -0.05) is 28.1 Å². The number of hydrogen-bond acceptors (Lipinski definition) is 2. The van der Waals surface area contributed by atoms with E-state index >= 15 is 0 Å². The number of nitrogens with two attached hydrogens (primary N) is 1. The van der Waals surface area contributed by atoms with Crippen LogP contribution < -0.4 is 5.73 Å². The van der Waals surface area contributed by atoms with Crippen molar-refractivity contribution < 1.29 is 5.11 Å². The second-order valence-corrected chi connectivity index (χ2v) is 4.44. The Bertz CT molecular complexity index is 297. The number of hydrogen-bond donors (Lipinski definition) is 2. The molecule has 0 radical (unpaired) electrons. The first-order valence-electron chi connectivity index (χ1n) is 4.73. The van der Waals surface area contributed by atoms with E-state index in [-0.39, 0.29) is 12.5 Å². The van der Waals surface area contributed by atoms with Gasteiger partial charge in [0.05, 0.1) is 0 Å².